The average molecular weight is 192 g/mol. The number of anilines is 1. The van der Waals surface area contributed by atoms with E-state index in [1.165, 1.54) is 0 Å². The van der Waals surface area contributed by atoms with Gasteiger partial charge in [0.1, 0.15) is 0 Å². The summed E-state index contributed by atoms with van der Waals surface area (Å²) >= 11 is 0. The maximum atomic E-state index is 11.1. The lowest BCUT2D eigenvalue weighted by Gasteiger charge is -2.07. The fourth-order valence-corrected chi connectivity index (χ4v) is 1.20. The predicted molar refractivity (Wildman–Crippen MR) is 55.1 cm³/mol. The number of carbonyl (C=O) groups excluding carboxylic acids is 1. The third-order valence-corrected chi connectivity index (χ3v) is 1.88. The van der Waals surface area contributed by atoms with Gasteiger partial charge in [-0.3, -0.25) is 4.79 Å². The minimum Gasteiger partial charge on any atom is -0.324 e. The molecular weight excluding hydrogens is 180 g/mol. The maximum absolute atomic E-state index is 11.1. The van der Waals surface area contributed by atoms with Crippen LogP contribution >= 0.6 is 0 Å². The van der Waals surface area contributed by atoms with E-state index in [1.54, 1.807) is 0 Å². The van der Waals surface area contributed by atoms with Crippen LogP contribution in [0.2, 0.25) is 0 Å². The minimum atomic E-state index is -0.374. The molecule has 0 saturated carbocycles. The fourth-order valence-electron chi connectivity index (χ4n) is 1.20. The van der Waals surface area contributed by atoms with Gasteiger partial charge in [-0.2, -0.15) is 4.91 Å². The second kappa shape index (κ2) is 5.11. The second-order valence-electron chi connectivity index (χ2n) is 2.85. The van der Waals surface area contributed by atoms with E-state index >= 15 is 0 Å². The van der Waals surface area contributed by atoms with Crippen LogP contribution in [-0.2, 0) is 11.2 Å². The molecule has 0 unspecified atom stereocenters. The van der Waals surface area contributed by atoms with E-state index in [-0.39, 0.29) is 12.5 Å². The Morgan fingerprint density at radius 2 is 2.14 bits per heavy atom. The maximum Gasteiger partial charge on any atom is 0.249 e. The number of hydrogen-bond donors (Lipinski definition) is 1. The van der Waals surface area contributed by atoms with E-state index in [0.717, 1.165) is 17.7 Å². The molecule has 1 aromatic carbocycles. The summed E-state index contributed by atoms with van der Waals surface area (Å²) in [7, 11) is 0. The van der Waals surface area contributed by atoms with Gasteiger partial charge in [-0.05, 0) is 18.1 Å². The van der Waals surface area contributed by atoms with Crippen LogP contribution in [0.15, 0.2) is 29.4 Å². The molecule has 1 rings (SSSR count). The first kappa shape index (κ1) is 10.4. The van der Waals surface area contributed by atoms with Crippen molar-refractivity contribution in [2.45, 2.75) is 13.3 Å². The van der Waals surface area contributed by atoms with E-state index in [2.05, 4.69) is 10.5 Å². The van der Waals surface area contributed by atoms with Crippen LogP contribution in [0.5, 0.6) is 0 Å². The topological polar surface area (TPSA) is 58.5 Å². The monoisotopic (exact) mass is 192 g/mol. The molecule has 0 heterocycles. The van der Waals surface area contributed by atoms with Gasteiger partial charge >= 0.3 is 0 Å². The van der Waals surface area contributed by atoms with Crippen LogP contribution in [-0.4, -0.2) is 12.5 Å². The van der Waals surface area contributed by atoms with Crippen molar-refractivity contribution in [3.63, 3.8) is 0 Å². The lowest BCUT2D eigenvalue weighted by Crippen LogP contribution is -2.15. The van der Waals surface area contributed by atoms with Gasteiger partial charge in [0.05, 0.1) is 0 Å². The number of nitrogens with zero attached hydrogens (tertiary/aromatic N) is 1. The number of amides is 1. The van der Waals surface area contributed by atoms with Gasteiger partial charge in [0.25, 0.3) is 0 Å². The summed E-state index contributed by atoms with van der Waals surface area (Å²) in [4.78, 5) is 20.9. The summed E-state index contributed by atoms with van der Waals surface area (Å²) in [6.45, 7) is 1.67. The third kappa shape index (κ3) is 2.65. The quantitative estimate of drug-likeness (QED) is 0.741. The standard InChI is InChI=1S/C10H12N2O2/c1-2-8-5-3-4-6-9(8)12-10(13)7-11-14/h3-6H,2,7H2,1H3,(H,12,13). The van der Waals surface area contributed by atoms with Crippen molar-refractivity contribution >= 4 is 11.6 Å². The average Bonchev–Trinajstić information content (AvgIpc) is 2.19. The lowest BCUT2D eigenvalue weighted by molar-refractivity contribution is -0.114. The minimum absolute atomic E-state index is 0.335. The van der Waals surface area contributed by atoms with Crippen LogP contribution in [0.1, 0.15) is 12.5 Å². The molecule has 74 valence electrons. The summed E-state index contributed by atoms with van der Waals surface area (Å²) in [6, 6.07) is 7.49. The number of nitrogens with one attached hydrogen (secondary N) is 1. The summed E-state index contributed by atoms with van der Waals surface area (Å²) < 4.78 is 0. The molecule has 0 spiro atoms. The van der Waals surface area contributed by atoms with Gasteiger partial charge in [-0.15, -0.1) is 0 Å². The predicted octanol–water partition coefficient (Wildman–Crippen LogP) is 1.95. The van der Waals surface area contributed by atoms with Crippen molar-refractivity contribution in [1.82, 2.24) is 0 Å². The third-order valence-electron chi connectivity index (χ3n) is 1.88. The Bertz CT molecular complexity index is 337. The molecule has 4 heteroatoms. The Morgan fingerprint density at radius 1 is 1.43 bits per heavy atom. The van der Waals surface area contributed by atoms with Crippen molar-refractivity contribution in [2.75, 3.05) is 11.9 Å². The molecule has 0 atom stereocenters. The molecule has 0 radical (unpaired) electrons. The molecule has 0 fully saturated rings. The van der Waals surface area contributed by atoms with Gasteiger partial charge in [-0.25, -0.2) is 0 Å². The SMILES string of the molecule is CCc1ccccc1NC(=O)CN=O. The number of carbonyl (C=O) groups is 1. The lowest BCUT2D eigenvalue weighted by atomic mass is 10.1. The number of hydrogen-bond acceptors (Lipinski definition) is 3. The first-order valence-electron chi connectivity index (χ1n) is 4.44. The van der Waals surface area contributed by atoms with Crippen LogP contribution in [0.3, 0.4) is 0 Å². The summed E-state index contributed by atoms with van der Waals surface area (Å²) in [5.41, 5.74) is 1.80. The molecule has 0 aliphatic carbocycles. The van der Waals surface area contributed by atoms with Crippen molar-refractivity contribution < 1.29 is 4.79 Å². The normalized spacial score (nSPS) is 9.50. The highest BCUT2D eigenvalue weighted by Crippen LogP contribution is 2.14. The van der Waals surface area contributed by atoms with E-state index in [0.29, 0.717) is 0 Å². The number of benzene rings is 1. The molecule has 0 aliphatic heterocycles. The molecule has 4 nitrogen and oxygen atoms in total. The van der Waals surface area contributed by atoms with Crippen LogP contribution in [0.25, 0.3) is 0 Å². The molecule has 1 amide bonds. The van der Waals surface area contributed by atoms with Crippen LogP contribution in [0.4, 0.5) is 5.69 Å². The zero-order chi connectivity index (χ0) is 10.4. The highest BCUT2D eigenvalue weighted by atomic mass is 16.3. The number of para-hydroxylation sites is 1. The van der Waals surface area contributed by atoms with Gasteiger partial charge in [0.15, 0.2) is 6.54 Å². The number of rotatable bonds is 4. The van der Waals surface area contributed by atoms with Crippen LogP contribution < -0.4 is 5.32 Å². The molecule has 0 saturated heterocycles. The van der Waals surface area contributed by atoms with Crippen molar-refractivity contribution in [3.8, 4) is 0 Å². The summed E-state index contributed by atoms with van der Waals surface area (Å²) in [5.74, 6) is -0.374. The van der Waals surface area contributed by atoms with E-state index in [9.17, 15) is 9.70 Å². The van der Waals surface area contributed by atoms with E-state index in [1.807, 2.05) is 31.2 Å². The number of aryl methyl sites for hydroxylation is 1. The molecule has 0 aliphatic rings. The van der Waals surface area contributed by atoms with Crippen LogP contribution in [0, 0.1) is 4.91 Å². The number of nitroso groups, excluding NO2 is 1. The molecule has 14 heavy (non-hydrogen) atoms. The first-order valence-corrected chi connectivity index (χ1v) is 4.44. The molecule has 1 N–H and O–H groups in total. The Labute approximate surface area is 82.3 Å². The Balaban J connectivity index is 2.74. The first-order chi connectivity index (χ1) is 6.77. The molecular formula is C10H12N2O2. The zero-order valence-corrected chi connectivity index (χ0v) is 7.99. The van der Waals surface area contributed by atoms with Crippen molar-refractivity contribution in [2.24, 2.45) is 5.18 Å². The second-order valence-corrected chi connectivity index (χ2v) is 2.85. The molecule has 0 aromatic heterocycles. The van der Waals surface area contributed by atoms with Crippen molar-refractivity contribution in [3.05, 3.63) is 34.7 Å². The summed E-state index contributed by atoms with van der Waals surface area (Å²) in [6.07, 6.45) is 0.838. The Hall–Kier alpha value is -1.71. The molecule has 1 aromatic rings. The van der Waals surface area contributed by atoms with Gasteiger partial charge in [-0.1, -0.05) is 30.3 Å². The van der Waals surface area contributed by atoms with Crippen molar-refractivity contribution in [1.29, 1.82) is 0 Å². The van der Waals surface area contributed by atoms with Gasteiger partial charge < -0.3 is 5.32 Å². The molecule has 0 bridgehead atoms. The van der Waals surface area contributed by atoms with E-state index < -0.39 is 0 Å². The Morgan fingerprint density at radius 3 is 2.79 bits per heavy atom. The zero-order valence-electron chi connectivity index (χ0n) is 7.99. The summed E-state index contributed by atoms with van der Waals surface area (Å²) in [5, 5.41) is 5.15. The van der Waals surface area contributed by atoms with Gasteiger partial charge in [0.2, 0.25) is 5.91 Å². The van der Waals surface area contributed by atoms with E-state index in [4.69, 9.17) is 0 Å². The smallest absolute Gasteiger partial charge is 0.249 e. The highest BCUT2D eigenvalue weighted by Gasteiger charge is 2.04. The largest absolute Gasteiger partial charge is 0.324 e. The highest BCUT2D eigenvalue weighted by molar-refractivity contribution is 5.93. The van der Waals surface area contributed by atoms with Gasteiger partial charge in [0, 0.05) is 5.69 Å². The Kier molecular flexibility index (Phi) is 3.79. The fraction of sp³-hybridized carbons (Fsp3) is 0.300.